The van der Waals surface area contributed by atoms with Crippen molar-refractivity contribution in [2.75, 3.05) is 6.79 Å². The molecule has 0 atom stereocenters. The molecule has 27 heavy (non-hydrogen) atoms. The van der Waals surface area contributed by atoms with Gasteiger partial charge in [-0.05, 0) is 56.2 Å². The molecular formula is C20H24N2O5. The molecule has 7 heteroatoms. The average molecular weight is 372 g/mol. The van der Waals surface area contributed by atoms with Crippen LogP contribution >= 0.6 is 0 Å². The first-order chi connectivity index (χ1) is 12.7. The van der Waals surface area contributed by atoms with Gasteiger partial charge in [-0.2, -0.15) is 0 Å². The van der Waals surface area contributed by atoms with Crippen LogP contribution in [0.4, 0.5) is 4.79 Å². The van der Waals surface area contributed by atoms with E-state index < -0.39 is 17.7 Å². The monoisotopic (exact) mass is 372 g/mol. The highest BCUT2D eigenvalue weighted by Crippen LogP contribution is 2.31. The highest BCUT2D eigenvalue weighted by atomic mass is 16.7. The van der Waals surface area contributed by atoms with Crippen molar-refractivity contribution in [2.45, 2.75) is 39.8 Å². The van der Waals surface area contributed by atoms with Gasteiger partial charge in [0.1, 0.15) is 11.4 Å². The summed E-state index contributed by atoms with van der Waals surface area (Å²) in [5.74, 6) is 0.141. The lowest BCUT2D eigenvalue weighted by Crippen LogP contribution is -2.32. The van der Waals surface area contributed by atoms with E-state index in [1.165, 1.54) is 6.92 Å². The Morgan fingerprint density at radius 3 is 2.44 bits per heavy atom. The second-order valence-corrected chi connectivity index (χ2v) is 6.82. The number of carbonyl (C=O) groups excluding carboxylic acids is 2. The number of nitrogens with zero attached hydrogens (tertiary/aromatic N) is 1. The number of amides is 1. The Balaban J connectivity index is 2.16. The normalized spacial score (nSPS) is 10.8. The Hall–Kier alpha value is -3.09. The zero-order valence-corrected chi connectivity index (χ0v) is 15.9. The fraction of sp³-hybridized carbons (Fsp3) is 0.350. The van der Waals surface area contributed by atoms with E-state index in [4.69, 9.17) is 14.2 Å². The summed E-state index contributed by atoms with van der Waals surface area (Å²) in [7, 11) is 0. The SMILES string of the molecule is CC(=O)OCOc1ccc(CNC(=O)OC(C)(C)C)cc1-c1ccncc1. The number of rotatable bonds is 6. The molecule has 1 heterocycles. The smallest absolute Gasteiger partial charge is 0.407 e. The van der Waals surface area contributed by atoms with E-state index in [9.17, 15) is 9.59 Å². The third-order valence-corrected chi connectivity index (χ3v) is 3.35. The minimum atomic E-state index is -0.555. The van der Waals surface area contributed by atoms with E-state index in [0.717, 1.165) is 16.7 Å². The number of carbonyl (C=O) groups is 2. The van der Waals surface area contributed by atoms with Crippen LogP contribution in [-0.2, 0) is 20.8 Å². The van der Waals surface area contributed by atoms with Crippen molar-refractivity contribution < 1.29 is 23.8 Å². The van der Waals surface area contributed by atoms with Gasteiger partial charge in [-0.25, -0.2) is 4.79 Å². The summed E-state index contributed by atoms with van der Waals surface area (Å²) >= 11 is 0. The van der Waals surface area contributed by atoms with Gasteiger partial charge in [0.15, 0.2) is 0 Å². The summed E-state index contributed by atoms with van der Waals surface area (Å²) in [5.41, 5.74) is 2.00. The number of esters is 1. The summed E-state index contributed by atoms with van der Waals surface area (Å²) in [6.45, 7) is 6.87. The van der Waals surface area contributed by atoms with Gasteiger partial charge in [0.25, 0.3) is 0 Å². The van der Waals surface area contributed by atoms with Crippen LogP contribution in [0.1, 0.15) is 33.3 Å². The minimum absolute atomic E-state index is 0.178. The van der Waals surface area contributed by atoms with Crippen molar-refractivity contribution in [2.24, 2.45) is 0 Å². The molecule has 0 radical (unpaired) electrons. The Morgan fingerprint density at radius 2 is 1.81 bits per heavy atom. The number of alkyl carbamates (subject to hydrolysis) is 1. The third kappa shape index (κ3) is 6.97. The lowest BCUT2D eigenvalue weighted by molar-refractivity contribution is -0.147. The van der Waals surface area contributed by atoms with Crippen molar-refractivity contribution in [3.05, 3.63) is 48.3 Å². The first-order valence-corrected chi connectivity index (χ1v) is 8.51. The molecule has 1 amide bonds. The highest BCUT2D eigenvalue weighted by molar-refractivity contribution is 5.72. The van der Waals surface area contributed by atoms with E-state index in [1.54, 1.807) is 18.5 Å². The van der Waals surface area contributed by atoms with Crippen molar-refractivity contribution in [3.63, 3.8) is 0 Å². The van der Waals surface area contributed by atoms with E-state index in [0.29, 0.717) is 12.3 Å². The summed E-state index contributed by atoms with van der Waals surface area (Å²) in [4.78, 5) is 26.8. The predicted octanol–water partition coefficient (Wildman–Crippen LogP) is 3.67. The van der Waals surface area contributed by atoms with Gasteiger partial charge in [-0.1, -0.05) is 6.07 Å². The molecule has 1 aromatic heterocycles. The molecule has 0 saturated heterocycles. The lowest BCUT2D eigenvalue weighted by atomic mass is 10.0. The van der Waals surface area contributed by atoms with Gasteiger partial charge in [-0.15, -0.1) is 0 Å². The zero-order valence-electron chi connectivity index (χ0n) is 15.9. The van der Waals surface area contributed by atoms with E-state index in [2.05, 4.69) is 10.3 Å². The van der Waals surface area contributed by atoms with Crippen LogP contribution in [0.15, 0.2) is 42.7 Å². The molecule has 2 aromatic rings. The zero-order chi connectivity index (χ0) is 19.9. The van der Waals surface area contributed by atoms with E-state index in [-0.39, 0.29) is 6.79 Å². The third-order valence-electron chi connectivity index (χ3n) is 3.35. The lowest BCUT2D eigenvalue weighted by Gasteiger charge is -2.20. The van der Waals surface area contributed by atoms with E-state index in [1.807, 2.05) is 45.0 Å². The summed E-state index contributed by atoms with van der Waals surface area (Å²) < 4.78 is 15.7. The maximum Gasteiger partial charge on any atom is 0.407 e. The molecular weight excluding hydrogens is 348 g/mol. The van der Waals surface area contributed by atoms with Crippen LogP contribution in [0, 0.1) is 0 Å². The van der Waals surface area contributed by atoms with Gasteiger partial charge >= 0.3 is 12.1 Å². The van der Waals surface area contributed by atoms with E-state index >= 15 is 0 Å². The first kappa shape index (κ1) is 20.2. The van der Waals surface area contributed by atoms with Crippen molar-refractivity contribution >= 4 is 12.1 Å². The van der Waals surface area contributed by atoms with Crippen LogP contribution in [0.5, 0.6) is 5.75 Å². The largest absolute Gasteiger partial charge is 0.457 e. The summed E-state index contributed by atoms with van der Waals surface area (Å²) in [5, 5.41) is 2.73. The molecule has 0 unspecified atom stereocenters. The van der Waals surface area contributed by atoms with Crippen molar-refractivity contribution in [1.29, 1.82) is 0 Å². The van der Waals surface area contributed by atoms with Gasteiger partial charge in [0, 0.05) is 31.4 Å². The Morgan fingerprint density at radius 1 is 1.11 bits per heavy atom. The van der Waals surface area contributed by atoms with Crippen molar-refractivity contribution in [3.8, 4) is 16.9 Å². The molecule has 1 aromatic carbocycles. The Kier molecular flexibility index (Phi) is 6.76. The van der Waals surface area contributed by atoms with Crippen LogP contribution in [0.2, 0.25) is 0 Å². The number of pyridine rings is 1. The van der Waals surface area contributed by atoms with Crippen LogP contribution in [-0.4, -0.2) is 29.4 Å². The first-order valence-electron chi connectivity index (χ1n) is 8.51. The van der Waals surface area contributed by atoms with Gasteiger partial charge in [0.05, 0.1) is 0 Å². The average Bonchev–Trinajstić information content (AvgIpc) is 2.59. The predicted molar refractivity (Wildman–Crippen MR) is 100 cm³/mol. The second-order valence-electron chi connectivity index (χ2n) is 6.82. The maximum absolute atomic E-state index is 11.8. The standard InChI is InChI=1S/C20H24N2O5/c1-14(23)25-13-26-18-6-5-15(12-22-19(24)27-20(2,3)4)11-17(18)16-7-9-21-10-8-16/h5-11H,12-13H2,1-4H3,(H,22,24). The molecule has 144 valence electrons. The Labute approximate surface area is 158 Å². The van der Waals surface area contributed by atoms with Gasteiger partial charge < -0.3 is 19.5 Å². The molecule has 0 spiro atoms. The molecule has 0 aliphatic carbocycles. The molecule has 0 aliphatic heterocycles. The number of ether oxygens (including phenoxy) is 3. The van der Waals surface area contributed by atoms with Crippen molar-refractivity contribution in [1.82, 2.24) is 10.3 Å². The quantitative estimate of drug-likeness (QED) is 0.615. The summed E-state index contributed by atoms with van der Waals surface area (Å²) in [6, 6.07) is 9.19. The molecule has 2 rings (SSSR count). The van der Waals surface area contributed by atoms with Gasteiger partial charge in [0.2, 0.25) is 6.79 Å². The summed E-state index contributed by atoms with van der Waals surface area (Å²) in [6.07, 6.45) is 2.87. The van der Waals surface area contributed by atoms with Gasteiger partial charge in [-0.3, -0.25) is 9.78 Å². The fourth-order valence-electron chi connectivity index (χ4n) is 2.23. The highest BCUT2D eigenvalue weighted by Gasteiger charge is 2.16. The maximum atomic E-state index is 11.8. The molecule has 0 bridgehead atoms. The molecule has 0 fully saturated rings. The minimum Gasteiger partial charge on any atom is -0.457 e. The fourth-order valence-corrected chi connectivity index (χ4v) is 2.23. The topological polar surface area (TPSA) is 86.8 Å². The number of benzene rings is 1. The molecule has 0 aliphatic rings. The van der Waals surface area contributed by atoms with Crippen LogP contribution in [0.3, 0.4) is 0 Å². The second kappa shape index (κ2) is 9.02. The van der Waals surface area contributed by atoms with Crippen LogP contribution in [0.25, 0.3) is 11.1 Å². The molecule has 7 nitrogen and oxygen atoms in total. The molecule has 0 saturated carbocycles. The number of nitrogens with one attached hydrogen (secondary N) is 1. The molecule has 1 N–H and O–H groups in total. The number of aromatic nitrogens is 1. The Bertz CT molecular complexity index is 785. The van der Waals surface area contributed by atoms with Crippen LogP contribution < -0.4 is 10.1 Å². The number of hydrogen-bond donors (Lipinski definition) is 1. The number of hydrogen-bond acceptors (Lipinski definition) is 6.